The first kappa shape index (κ1) is 24.7. The van der Waals surface area contributed by atoms with Crippen molar-refractivity contribution >= 4 is 50.4 Å². The standard InChI is InChI=1S/C22H17F3IN3O3S/c23-22(24,25)17-6-4-5-16(13-17)14-27-28-21(30)15-29(19-11-9-18(26)10-12-19)33(31,32)20-7-2-1-3-8-20/h1-14H,15H2,(H,28,30)/b27-14-. The van der Waals surface area contributed by atoms with E-state index < -0.39 is 34.2 Å². The molecular weight excluding hydrogens is 570 g/mol. The maximum Gasteiger partial charge on any atom is 0.416 e. The van der Waals surface area contributed by atoms with Crippen LogP contribution in [0, 0.1) is 3.57 Å². The summed E-state index contributed by atoms with van der Waals surface area (Å²) in [5.74, 6) is -0.767. The molecule has 0 radical (unpaired) electrons. The Labute approximate surface area is 202 Å². The van der Waals surface area contributed by atoms with Gasteiger partial charge in [-0.2, -0.15) is 18.3 Å². The van der Waals surface area contributed by atoms with Gasteiger partial charge in [-0.1, -0.05) is 30.3 Å². The summed E-state index contributed by atoms with van der Waals surface area (Å²) in [4.78, 5) is 12.5. The molecule has 0 aliphatic heterocycles. The number of rotatable bonds is 7. The minimum absolute atomic E-state index is 0.00353. The zero-order chi connectivity index (χ0) is 24.1. The molecule has 0 saturated heterocycles. The number of alkyl halides is 3. The molecule has 0 bridgehead atoms. The number of hydrazone groups is 1. The number of anilines is 1. The molecule has 3 aromatic carbocycles. The van der Waals surface area contributed by atoms with Gasteiger partial charge >= 0.3 is 6.18 Å². The molecule has 3 rings (SSSR count). The Bertz CT molecular complexity index is 1250. The fourth-order valence-electron chi connectivity index (χ4n) is 2.78. The summed E-state index contributed by atoms with van der Waals surface area (Å²) in [5, 5.41) is 3.67. The number of halogens is 4. The van der Waals surface area contributed by atoms with E-state index >= 15 is 0 Å². The fourth-order valence-corrected chi connectivity index (χ4v) is 4.58. The lowest BCUT2D eigenvalue weighted by Gasteiger charge is -2.23. The molecule has 0 atom stereocenters. The number of carbonyl (C=O) groups excluding carboxylic acids is 1. The van der Waals surface area contributed by atoms with E-state index in [9.17, 15) is 26.4 Å². The van der Waals surface area contributed by atoms with Crippen molar-refractivity contribution in [2.75, 3.05) is 10.8 Å². The van der Waals surface area contributed by atoms with Crippen molar-refractivity contribution in [3.05, 3.63) is 93.6 Å². The predicted molar refractivity (Wildman–Crippen MR) is 127 cm³/mol. The molecule has 33 heavy (non-hydrogen) atoms. The van der Waals surface area contributed by atoms with Crippen LogP contribution in [0.15, 0.2) is 88.9 Å². The van der Waals surface area contributed by atoms with E-state index in [1.54, 1.807) is 42.5 Å². The number of amides is 1. The third kappa shape index (κ3) is 6.54. The molecule has 11 heteroatoms. The molecule has 0 fully saturated rings. The number of hydrogen-bond acceptors (Lipinski definition) is 4. The summed E-state index contributed by atoms with van der Waals surface area (Å²) in [6, 6.07) is 18.6. The highest BCUT2D eigenvalue weighted by Gasteiger charge is 2.30. The average Bonchev–Trinajstić information content (AvgIpc) is 2.78. The highest BCUT2D eigenvalue weighted by molar-refractivity contribution is 14.1. The monoisotopic (exact) mass is 587 g/mol. The van der Waals surface area contributed by atoms with Gasteiger partial charge in [0.05, 0.1) is 22.4 Å². The van der Waals surface area contributed by atoms with Crippen LogP contribution in [0.25, 0.3) is 0 Å². The van der Waals surface area contributed by atoms with E-state index in [4.69, 9.17) is 0 Å². The summed E-state index contributed by atoms with van der Waals surface area (Å²) >= 11 is 2.07. The zero-order valence-corrected chi connectivity index (χ0v) is 19.8. The summed E-state index contributed by atoms with van der Waals surface area (Å²) in [6.45, 7) is -0.586. The van der Waals surface area contributed by atoms with Crippen LogP contribution < -0.4 is 9.73 Å². The van der Waals surface area contributed by atoms with Gasteiger partial charge in [-0.25, -0.2) is 13.8 Å². The van der Waals surface area contributed by atoms with Crippen LogP contribution in [0.5, 0.6) is 0 Å². The van der Waals surface area contributed by atoms with Crippen LogP contribution in [0.1, 0.15) is 11.1 Å². The van der Waals surface area contributed by atoms with Crippen LogP contribution in [0.2, 0.25) is 0 Å². The molecule has 0 saturated carbocycles. The van der Waals surface area contributed by atoms with Gasteiger partial charge in [0.2, 0.25) is 0 Å². The van der Waals surface area contributed by atoms with Gasteiger partial charge in [-0.15, -0.1) is 0 Å². The quantitative estimate of drug-likeness (QED) is 0.248. The van der Waals surface area contributed by atoms with E-state index in [1.165, 1.54) is 24.3 Å². The van der Waals surface area contributed by atoms with Gasteiger partial charge in [-0.05, 0) is 76.7 Å². The lowest BCUT2D eigenvalue weighted by Crippen LogP contribution is -2.39. The molecule has 0 unspecified atom stereocenters. The van der Waals surface area contributed by atoms with Crippen molar-refractivity contribution in [2.24, 2.45) is 5.10 Å². The van der Waals surface area contributed by atoms with Crippen LogP contribution in [-0.4, -0.2) is 27.1 Å². The molecule has 0 spiro atoms. The fraction of sp³-hybridized carbons (Fsp3) is 0.0909. The molecule has 3 aromatic rings. The summed E-state index contributed by atoms with van der Waals surface area (Å²) in [6.07, 6.45) is -3.46. The Morgan fingerprint density at radius 2 is 1.67 bits per heavy atom. The summed E-state index contributed by atoms with van der Waals surface area (Å²) in [7, 11) is -4.07. The second-order valence-electron chi connectivity index (χ2n) is 6.72. The van der Waals surface area contributed by atoms with Gasteiger partial charge < -0.3 is 0 Å². The maximum absolute atomic E-state index is 13.2. The van der Waals surface area contributed by atoms with E-state index in [-0.39, 0.29) is 16.1 Å². The number of benzene rings is 3. The largest absolute Gasteiger partial charge is 0.416 e. The topological polar surface area (TPSA) is 78.8 Å². The number of nitrogens with one attached hydrogen (secondary N) is 1. The van der Waals surface area contributed by atoms with Gasteiger partial charge in [0, 0.05) is 3.57 Å². The van der Waals surface area contributed by atoms with Crippen molar-refractivity contribution in [1.82, 2.24) is 5.43 Å². The lowest BCUT2D eigenvalue weighted by molar-refractivity contribution is -0.137. The molecular formula is C22H17F3IN3O3S. The molecule has 1 amide bonds. The second-order valence-corrected chi connectivity index (χ2v) is 9.83. The van der Waals surface area contributed by atoms with E-state index in [1.807, 2.05) is 0 Å². The van der Waals surface area contributed by atoms with Crippen molar-refractivity contribution in [3.8, 4) is 0 Å². The molecule has 6 nitrogen and oxygen atoms in total. The van der Waals surface area contributed by atoms with Crippen LogP contribution in [0.4, 0.5) is 18.9 Å². The first-order valence-corrected chi connectivity index (χ1v) is 11.9. The van der Waals surface area contributed by atoms with Gasteiger partial charge in [-0.3, -0.25) is 9.10 Å². The van der Waals surface area contributed by atoms with Gasteiger partial charge in [0.25, 0.3) is 15.9 Å². The third-order valence-corrected chi connectivity index (χ3v) is 6.86. The van der Waals surface area contributed by atoms with Gasteiger partial charge in [0.1, 0.15) is 6.54 Å². The zero-order valence-electron chi connectivity index (χ0n) is 16.8. The second kappa shape index (κ2) is 10.3. The molecule has 0 aliphatic carbocycles. The summed E-state index contributed by atoms with van der Waals surface area (Å²) < 4.78 is 66.6. The first-order valence-electron chi connectivity index (χ1n) is 9.40. The molecule has 1 N–H and O–H groups in total. The SMILES string of the molecule is O=C(CN(c1ccc(I)cc1)S(=O)(=O)c1ccccc1)N/N=C\c1cccc(C(F)(F)F)c1. The third-order valence-electron chi connectivity index (χ3n) is 4.35. The van der Waals surface area contributed by atoms with Gasteiger partial charge in [0.15, 0.2) is 0 Å². The van der Waals surface area contributed by atoms with Crippen LogP contribution in [-0.2, 0) is 21.0 Å². The van der Waals surface area contributed by atoms with Crippen LogP contribution in [0.3, 0.4) is 0 Å². The normalized spacial score (nSPS) is 12.0. The van der Waals surface area contributed by atoms with Crippen molar-refractivity contribution in [3.63, 3.8) is 0 Å². The molecule has 0 aliphatic rings. The molecule has 0 aromatic heterocycles. The Morgan fingerprint density at radius 1 is 1.00 bits per heavy atom. The number of carbonyl (C=O) groups is 1. The first-order chi connectivity index (χ1) is 15.6. The molecule has 0 heterocycles. The Morgan fingerprint density at radius 3 is 2.30 bits per heavy atom. The number of hydrogen-bond donors (Lipinski definition) is 1. The predicted octanol–water partition coefficient (Wildman–Crippen LogP) is 4.66. The number of sulfonamides is 1. The highest BCUT2D eigenvalue weighted by atomic mass is 127. The Balaban J connectivity index is 1.80. The minimum Gasteiger partial charge on any atom is -0.271 e. The Hall–Kier alpha value is -2.93. The molecule has 172 valence electrons. The van der Waals surface area contributed by atoms with E-state index in [0.717, 1.165) is 26.2 Å². The van der Waals surface area contributed by atoms with E-state index in [2.05, 4.69) is 33.1 Å². The van der Waals surface area contributed by atoms with Crippen molar-refractivity contribution in [1.29, 1.82) is 0 Å². The number of nitrogens with zero attached hydrogens (tertiary/aromatic N) is 2. The highest BCUT2D eigenvalue weighted by Crippen LogP contribution is 2.29. The van der Waals surface area contributed by atoms with E-state index in [0.29, 0.717) is 0 Å². The van der Waals surface area contributed by atoms with Crippen LogP contribution >= 0.6 is 22.6 Å². The van der Waals surface area contributed by atoms with Crippen molar-refractivity contribution in [2.45, 2.75) is 11.1 Å². The maximum atomic E-state index is 13.2. The average molecular weight is 587 g/mol. The summed E-state index contributed by atoms with van der Waals surface area (Å²) in [5.41, 5.74) is 1.71. The lowest BCUT2D eigenvalue weighted by atomic mass is 10.1. The minimum atomic E-state index is -4.51. The van der Waals surface area contributed by atoms with Crippen molar-refractivity contribution < 1.29 is 26.4 Å². The Kier molecular flexibility index (Phi) is 7.74. The smallest absolute Gasteiger partial charge is 0.271 e.